The van der Waals surface area contributed by atoms with Gasteiger partial charge in [0.25, 0.3) is 5.79 Å². The van der Waals surface area contributed by atoms with Gasteiger partial charge < -0.3 is 9.84 Å². The number of allylic oxidation sites excluding steroid dienone is 1. The Kier molecular flexibility index (Phi) is 7.90. The van der Waals surface area contributed by atoms with Crippen molar-refractivity contribution in [3.05, 3.63) is 11.8 Å². The molecule has 0 aromatic heterocycles. The van der Waals surface area contributed by atoms with Gasteiger partial charge in [-0.25, -0.2) is 0 Å². The summed E-state index contributed by atoms with van der Waals surface area (Å²) in [5.74, 6) is -1.16. The fraction of sp³-hybridized carbons (Fsp3) is 0.824. The van der Waals surface area contributed by atoms with Crippen molar-refractivity contribution < 1.29 is 14.6 Å². The maximum atomic E-state index is 11.9. The van der Waals surface area contributed by atoms with Crippen LogP contribution in [0.25, 0.3) is 0 Å². The molecule has 1 aliphatic heterocycles. The van der Waals surface area contributed by atoms with E-state index in [1.165, 1.54) is 25.3 Å². The highest BCUT2D eigenvalue weighted by Crippen LogP contribution is 2.30. The molecule has 0 aromatic rings. The van der Waals surface area contributed by atoms with Gasteiger partial charge in [-0.2, -0.15) is 0 Å². The summed E-state index contributed by atoms with van der Waals surface area (Å²) in [5, 5.41) is 10.2. The van der Waals surface area contributed by atoms with Gasteiger partial charge in [0, 0.05) is 18.9 Å². The first-order valence-electron chi connectivity index (χ1n) is 8.28. The predicted octanol–water partition coefficient (Wildman–Crippen LogP) is 4.49. The topological polar surface area (TPSA) is 46.5 Å². The molecule has 1 atom stereocenters. The molecule has 0 saturated carbocycles. The molecule has 3 heteroatoms. The number of ketones is 1. The van der Waals surface area contributed by atoms with Crippen LogP contribution in [-0.4, -0.2) is 16.7 Å². The van der Waals surface area contributed by atoms with Crippen molar-refractivity contribution in [2.24, 2.45) is 0 Å². The third kappa shape index (κ3) is 5.66. The SMILES string of the molecule is CCCCCCCC1=CC(=O)[C@](O)(CCCCCC)O1. The van der Waals surface area contributed by atoms with Gasteiger partial charge in [0.2, 0.25) is 5.78 Å². The maximum Gasteiger partial charge on any atom is 0.271 e. The van der Waals surface area contributed by atoms with Crippen LogP contribution in [0.3, 0.4) is 0 Å². The normalized spacial score (nSPS) is 21.9. The lowest BCUT2D eigenvalue weighted by atomic mass is 10.0. The zero-order valence-electron chi connectivity index (χ0n) is 13.1. The van der Waals surface area contributed by atoms with E-state index in [0.29, 0.717) is 12.2 Å². The first kappa shape index (κ1) is 17.2. The maximum absolute atomic E-state index is 11.9. The molecule has 1 rings (SSSR count). The summed E-state index contributed by atoms with van der Waals surface area (Å²) in [5.41, 5.74) is 0. The molecule has 1 aliphatic rings. The van der Waals surface area contributed by atoms with Gasteiger partial charge in [0.1, 0.15) is 5.76 Å². The fourth-order valence-corrected chi connectivity index (χ4v) is 2.55. The largest absolute Gasteiger partial charge is 0.459 e. The number of hydrogen-bond donors (Lipinski definition) is 1. The second kappa shape index (κ2) is 9.17. The molecular weight excluding hydrogens is 252 g/mol. The van der Waals surface area contributed by atoms with E-state index < -0.39 is 5.79 Å². The molecule has 1 heterocycles. The minimum Gasteiger partial charge on any atom is -0.459 e. The van der Waals surface area contributed by atoms with Crippen LogP contribution in [0, 0.1) is 0 Å². The third-order valence-electron chi connectivity index (χ3n) is 3.87. The quantitative estimate of drug-likeness (QED) is 0.568. The molecule has 1 N–H and O–H groups in total. The van der Waals surface area contributed by atoms with Gasteiger partial charge in [-0.1, -0.05) is 58.8 Å². The van der Waals surface area contributed by atoms with E-state index in [4.69, 9.17) is 4.74 Å². The number of rotatable bonds is 11. The highest BCUT2D eigenvalue weighted by Gasteiger charge is 2.41. The zero-order chi connectivity index (χ0) is 14.8. The summed E-state index contributed by atoms with van der Waals surface area (Å²) in [7, 11) is 0. The van der Waals surface area contributed by atoms with E-state index in [9.17, 15) is 9.90 Å². The molecule has 0 aliphatic carbocycles. The summed E-state index contributed by atoms with van der Waals surface area (Å²) >= 11 is 0. The second-order valence-electron chi connectivity index (χ2n) is 5.84. The standard InChI is InChI=1S/C17H30O3/c1-3-5-7-9-10-12-15-14-16(18)17(19,20-15)13-11-8-6-4-2/h14,19H,3-13H2,1-2H3/t17-/m0/s1. The Morgan fingerprint density at radius 1 is 1.00 bits per heavy atom. The summed E-state index contributed by atoms with van der Waals surface area (Å²) in [4.78, 5) is 11.9. The van der Waals surface area contributed by atoms with Crippen molar-refractivity contribution in [1.82, 2.24) is 0 Å². The van der Waals surface area contributed by atoms with Crippen molar-refractivity contribution in [2.45, 2.75) is 90.3 Å². The lowest BCUT2D eigenvalue weighted by Crippen LogP contribution is -2.36. The van der Waals surface area contributed by atoms with Crippen molar-refractivity contribution in [1.29, 1.82) is 0 Å². The molecule has 0 unspecified atom stereocenters. The van der Waals surface area contributed by atoms with Crippen LogP contribution < -0.4 is 0 Å². The Morgan fingerprint density at radius 2 is 1.60 bits per heavy atom. The van der Waals surface area contributed by atoms with Crippen LogP contribution >= 0.6 is 0 Å². The van der Waals surface area contributed by atoms with Crippen molar-refractivity contribution >= 4 is 5.78 Å². The lowest BCUT2D eigenvalue weighted by Gasteiger charge is -2.22. The van der Waals surface area contributed by atoms with Crippen molar-refractivity contribution in [3.63, 3.8) is 0 Å². The molecular formula is C17H30O3. The Hall–Kier alpha value is -0.830. The predicted molar refractivity (Wildman–Crippen MR) is 81.3 cm³/mol. The summed E-state index contributed by atoms with van der Waals surface area (Å²) in [6.07, 6.45) is 12.8. The number of carbonyl (C=O) groups is 1. The monoisotopic (exact) mass is 282 g/mol. The molecule has 20 heavy (non-hydrogen) atoms. The minimum atomic E-state index is -1.56. The van der Waals surface area contributed by atoms with Crippen LogP contribution in [-0.2, 0) is 9.53 Å². The number of carbonyl (C=O) groups excluding carboxylic acids is 1. The van der Waals surface area contributed by atoms with E-state index in [-0.39, 0.29) is 5.78 Å². The molecule has 0 spiro atoms. The Balaban J connectivity index is 2.25. The minimum absolute atomic E-state index is 0.266. The van der Waals surface area contributed by atoms with E-state index in [1.807, 2.05) is 0 Å². The molecule has 0 amide bonds. The van der Waals surface area contributed by atoms with Crippen molar-refractivity contribution in [2.75, 3.05) is 0 Å². The van der Waals surface area contributed by atoms with Gasteiger partial charge in [-0.05, 0) is 12.8 Å². The van der Waals surface area contributed by atoms with Gasteiger partial charge >= 0.3 is 0 Å². The van der Waals surface area contributed by atoms with Crippen LogP contribution in [0.4, 0.5) is 0 Å². The first-order valence-corrected chi connectivity index (χ1v) is 8.28. The Labute approximate surface area is 123 Å². The van der Waals surface area contributed by atoms with Crippen LogP contribution in [0.1, 0.15) is 84.5 Å². The first-order chi connectivity index (χ1) is 9.62. The molecule has 0 aromatic carbocycles. The Bertz CT molecular complexity index is 322. The van der Waals surface area contributed by atoms with Crippen LogP contribution in [0.2, 0.25) is 0 Å². The molecule has 0 fully saturated rings. The van der Waals surface area contributed by atoms with Crippen molar-refractivity contribution in [3.8, 4) is 0 Å². The molecule has 0 bridgehead atoms. The lowest BCUT2D eigenvalue weighted by molar-refractivity contribution is -0.180. The molecule has 116 valence electrons. The van der Waals surface area contributed by atoms with E-state index in [1.54, 1.807) is 0 Å². The second-order valence-corrected chi connectivity index (χ2v) is 5.84. The van der Waals surface area contributed by atoms with Gasteiger partial charge in [0.15, 0.2) is 0 Å². The smallest absolute Gasteiger partial charge is 0.271 e. The number of ether oxygens (including phenoxy) is 1. The van der Waals surface area contributed by atoms with E-state index >= 15 is 0 Å². The summed E-state index contributed by atoms with van der Waals surface area (Å²) < 4.78 is 5.52. The van der Waals surface area contributed by atoms with Crippen LogP contribution in [0.15, 0.2) is 11.8 Å². The van der Waals surface area contributed by atoms with Crippen LogP contribution in [0.5, 0.6) is 0 Å². The third-order valence-corrected chi connectivity index (χ3v) is 3.87. The fourth-order valence-electron chi connectivity index (χ4n) is 2.55. The van der Waals surface area contributed by atoms with Gasteiger partial charge in [-0.15, -0.1) is 0 Å². The van der Waals surface area contributed by atoms with E-state index in [0.717, 1.165) is 44.9 Å². The number of aliphatic hydroxyl groups is 1. The highest BCUT2D eigenvalue weighted by molar-refractivity contribution is 5.97. The summed E-state index contributed by atoms with van der Waals surface area (Å²) in [6.45, 7) is 4.34. The number of hydrogen-bond acceptors (Lipinski definition) is 3. The van der Waals surface area contributed by atoms with Gasteiger partial charge in [0.05, 0.1) is 0 Å². The molecule has 0 radical (unpaired) electrons. The average molecular weight is 282 g/mol. The molecule has 0 saturated heterocycles. The Morgan fingerprint density at radius 3 is 2.25 bits per heavy atom. The molecule has 3 nitrogen and oxygen atoms in total. The average Bonchev–Trinajstić information content (AvgIpc) is 2.70. The van der Waals surface area contributed by atoms with Gasteiger partial charge in [-0.3, -0.25) is 4.79 Å². The zero-order valence-corrected chi connectivity index (χ0v) is 13.1. The number of unbranched alkanes of at least 4 members (excludes halogenated alkanes) is 7. The van der Waals surface area contributed by atoms with E-state index in [2.05, 4.69) is 13.8 Å². The highest BCUT2D eigenvalue weighted by atomic mass is 16.6. The summed E-state index contributed by atoms with van der Waals surface area (Å²) in [6, 6.07) is 0.